The van der Waals surface area contributed by atoms with E-state index in [4.69, 9.17) is 9.84 Å². The van der Waals surface area contributed by atoms with Gasteiger partial charge in [0, 0.05) is 19.7 Å². The minimum Gasteiger partial charge on any atom is -0.478 e. The maximum absolute atomic E-state index is 11.7. The van der Waals surface area contributed by atoms with Crippen LogP contribution in [0.2, 0.25) is 0 Å². The normalized spacial score (nSPS) is 10.6. The van der Waals surface area contributed by atoms with Crippen molar-refractivity contribution in [3.05, 3.63) is 28.0 Å². The molecular weight excluding hydrogens is 242 g/mol. The van der Waals surface area contributed by atoms with Gasteiger partial charge in [0.15, 0.2) is 0 Å². The summed E-state index contributed by atoms with van der Waals surface area (Å²) >= 11 is 1.27. The van der Waals surface area contributed by atoms with Crippen molar-refractivity contribution in [2.75, 3.05) is 20.3 Å². The van der Waals surface area contributed by atoms with Gasteiger partial charge in [0.2, 0.25) is 0 Å². The predicted molar refractivity (Wildman–Crippen MR) is 65.2 cm³/mol. The van der Waals surface area contributed by atoms with Crippen LogP contribution in [-0.2, 0) is 9.53 Å². The summed E-state index contributed by atoms with van der Waals surface area (Å²) in [6.07, 6.45) is 2.41. The Kier molecular flexibility index (Phi) is 5.38. The van der Waals surface area contributed by atoms with E-state index in [1.807, 2.05) is 0 Å². The van der Waals surface area contributed by atoms with E-state index in [0.29, 0.717) is 23.6 Å². The van der Waals surface area contributed by atoms with Crippen molar-refractivity contribution in [1.82, 2.24) is 5.32 Å². The standard InChI is InChI=1S/C11H13NO4S/c1-16-6-5-12-11(15)10-8(4-7-17-10)2-3-9(13)14/h2-4,7H,5-6H2,1H3,(H,12,15)(H,13,14). The molecule has 5 nitrogen and oxygen atoms in total. The molecule has 1 aromatic rings. The van der Waals surface area contributed by atoms with E-state index < -0.39 is 5.97 Å². The van der Waals surface area contributed by atoms with Crippen LogP contribution < -0.4 is 5.32 Å². The van der Waals surface area contributed by atoms with E-state index >= 15 is 0 Å². The Hall–Kier alpha value is -1.66. The topological polar surface area (TPSA) is 75.6 Å². The molecule has 0 spiro atoms. The molecule has 0 atom stereocenters. The average molecular weight is 255 g/mol. The SMILES string of the molecule is COCCNC(=O)c1sccc1C=CC(=O)O. The second-order valence-electron chi connectivity index (χ2n) is 3.13. The Bertz CT molecular complexity index is 425. The number of carboxylic acids is 1. The van der Waals surface area contributed by atoms with Gasteiger partial charge < -0.3 is 15.2 Å². The first-order valence-corrected chi connectivity index (χ1v) is 5.78. The van der Waals surface area contributed by atoms with Gasteiger partial charge in [-0.1, -0.05) is 0 Å². The fourth-order valence-corrected chi connectivity index (χ4v) is 1.95. The Labute approximate surface area is 103 Å². The maximum Gasteiger partial charge on any atom is 0.328 e. The quantitative estimate of drug-likeness (QED) is 0.592. The fraction of sp³-hybridized carbons (Fsp3) is 0.273. The van der Waals surface area contributed by atoms with E-state index in [0.717, 1.165) is 6.08 Å². The molecule has 0 aliphatic rings. The number of aliphatic carboxylic acids is 1. The zero-order chi connectivity index (χ0) is 12.7. The molecule has 92 valence electrons. The molecule has 2 N–H and O–H groups in total. The number of amides is 1. The Morgan fingerprint density at radius 2 is 2.35 bits per heavy atom. The smallest absolute Gasteiger partial charge is 0.328 e. The molecule has 17 heavy (non-hydrogen) atoms. The van der Waals surface area contributed by atoms with Crippen LogP contribution in [0, 0.1) is 0 Å². The zero-order valence-electron chi connectivity index (χ0n) is 9.30. The summed E-state index contributed by atoms with van der Waals surface area (Å²) in [5.74, 6) is -1.26. The molecule has 1 aromatic heterocycles. The van der Waals surface area contributed by atoms with E-state index in [1.54, 1.807) is 18.6 Å². The number of thiophene rings is 1. The van der Waals surface area contributed by atoms with Crippen molar-refractivity contribution in [3.8, 4) is 0 Å². The second-order valence-corrected chi connectivity index (χ2v) is 4.04. The first-order valence-electron chi connectivity index (χ1n) is 4.90. The zero-order valence-corrected chi connectivity index (χ0v) is 10.1. The van der Waals surface area contributed by atoms with Crippen molar-refractivity contribution in [3.63, 3.8) is 0 Å². The Morgan fingerprint density at radius 1 is 1.59 bits per heavy atom. The van der Waals surface area contributed by atoms with Crippen LogP contribution in [-0.4, -0.2) is 37.2 Å². The van der Waals surface area contributed by atoms with E-state index in [1.165, 1.54) is 17.4 Å². The van der Waals surface area contributed by atoms with Crippen LogP contribution in [0.5, 0.6) is 0 Å². The second kappa shape index (κ2) is 6.82. The van der Waals surface area contributed by atoms with Gasteiger partial charge in [0.25, 0.3) is 5.91 Å². The molecule has 1 amide bonds. The van der Waals surface area contributed by atoms with Crippen molar-refractivity contribution in [1.29, 1.82) is 0 Å². The van der Waals surface area contributed by atoms with Crippen LogP contribution in [0.1, 0.15) is 15.2 Å². The van der Waals surface area contributed by atoms with Crippen LogP contribution >= 0.6 is 11.3 Å². The molecule has 0 saturated carbocycles. The largest absolute Gasteiger partial charge is 0.478 e. The molecule has 0 unspecified atom stereocenters. The first kappa shape index (κ1) is 13.4. The molecule has 0 aliphatic carbocycles. The highest BCUT2D eigenvalue weighted by Crippen LogP contribution is 2.18. The fourth-order valence-electron chi connectivity index (χ4n) is 1.14. The third-order valence-electron chi connectivity index (χ3n) is 1.90. The maximum atomic E-state index is 11.7. The highest BCUT2D eigenvalue weighted by Gasteiger charge is 2.10. The van der Waals surface area contributed by atoms with E-state index in [-0.39, 0.29) is 5.91 Å². The third kappa shape index (κ3) is 4.38. The summed E-state index contributed by atoms with van der Waals surface area (Å²) in [6, 6.07) is 1.70. The molecular formula is C11H13NO4S. The minimum absolute atomic E-state index is 0.220. The van der Waals surface area contributed by atoms with E-state index in [9.17, 15) is 9.59 Å². The predicted octanol–water partition coefficient (Wildman–Crippen LogP) is 1.22. The number of carbonyl (C=O) groups excluding carboxylic acids is 1. The number of methoxy groups -OCH3 is 1. The number of nitrogens with one attached hydrogen (secondary N) is 1. The van der Waals surface area contributed by atoms with Gasteiger partial charge in [0.05, 0.1) is 11.5 Å². The van der Waals surface area contributed by atoms with Gasteiger partial charge in [-0.05, 0) is 23.1 Å². The lowest BCUT2D eigenvalue weighted by Crippen LogP contribution is -2.26. The summed E-state index contributed by atoms with van der Waals surface area (Å²) in [5.41, 5.74) is 0.604. The van der Waals surface area contributed by atoms with Crippen LogP contribution in [0.15, 0.2) is 17.5 Å². The summed E-state index contributed by atoms with van der Waals surface area (Å²) in [5, 5.41) is 12.9. The minimum atomic E-state index is -1.04. The van der Waals surface area contributed by atoms with Gasteiger partial charge in [-0.2, -0.15) is 0 Å². The summed E-state index contributed by atoms with van der Waals surface area (Å²) in [7, 11) is 1.55. The average Bonchev–Trinajstić information content (AvgIpc) is 2.74. The van der Waals surface area contributed by atoms with Gasteiger partial charge >= 0.3 is 5.97 Å². The lowest BCUT2D eigenvalue weighted by Gasteiger charge is -2.03. The van der Waals surface area contributed by atoms with Gasteiger partial charge in [-0.3, -0.25) is 4.79 Å². The molecule has 0 bridgehead atoms. The highest BCUT2D eigenvalue weighted by molar-refractivity contribution is 7.12. The Balaban J connectivity index is 2.67. The number of hydrogen-bond donors (Lipinski definition) is 2. The molecule has 6 heteroatoms. The number of hydrogen-bond acceptors (Lipinski definition) is 4. The number of rotatable bonds is 6. The van der Waals surface area contributed by atoms with Crippen LogP contribution in [0.3, 0.4) is 0 Å². The molecule has 0 saturated heterocycles. The molecule has 0 fully saturated rings. The molecule has 1 rings (SSSR count). The number of ether oxygens (including phenoxy) is 1. The highest BCUT2D eigenvalue weighted by atomic mass is 32.1. The molecule has 0 radical (unpaired) electrons. The number of carbonyl (C=O) groups is 2. The van der Waals surface area contributed by atoms with Crippen molar-refractivity contribution >= 4 is 29.3 Å². The van der Waals surface area contributed by atoms with Gasteiger partial charge in [0.1, 0.15) is 0 Å². The Morgan fingerprint density at radius 3 is 3.00 bits per heavy atom. The van der Waals surface area contributed by atoms with E-state index in [2.05, 4.69) is 5.32 Å². The van der Waals surface area contributed by atoms with Crippen molar-refractivity contribution < 1.29 is 19.4 Å². The lowest BCUT2D eigenvalue weighted by atomic mass is 10.2. The summed E-state index contributed by atoms with van der Waals surface area (Å²) in [4.78, 5) is 22.6. The first-order chi connectivity index (χ1) is 8.15. The third-order valence-corrected chi connectivity index (χ3v) is 2.83. The van der Waals surface area contributed by atoms with Gasteiger partial charge in [-0.25, -0.2) is 4.79 Å². The lowest BCUT2D eigenvalue weighted by molar-refractivity contribution is -0.131. The monoisotopic (exact) mass is 255 g/mol. The molecule has 0 aromatic carbocycles. The van der Waals surface area contributed by atoms with Crippen molar-refractivity contribution in [2.45, 2.75) is 0 Å². The molecule has 1 heterocycles. The summed E-state index contributed by atoms with van der Waals surface area (Å²) in [6.45, 7) is 0.868. The van der Waals surface area contributed by atoms with Crippen LogP contribution in [0.4, 0.5) is 0 Å². The number of carboxylic acid groups (broad SMARTS) is 1. The summed E-state index contributed by atoms with van der Waals surface area (Å²) < 4.78 is 4.82. The molecule has 0 aliphatic heterocycles. The van der Waals surface area contributed by atoms with Crippen LogP contribution in [0.25, 0.3) is 6.08 Å². The van der Waals surface area contributed by atoms with Gasteiger partial charge in [-0.15, -0.1) is 11.3 Å². The van der Waals surface area contributed by atoms with Crippen molar-refractivity contribution in [2.24, 2.45) is 0 Å².